The van der Waals surface area contributed by atoms with Gasteiger partial charge in [-0.1, -0.05) is 44.2 Å². The van der Waals surface area contributed by atoms with Gasteiger partial charge >= 0.3 is 5.97 Å². The molecule has 5 heteroatoms. The van der Waals surface area contributed by atoms with Crippen molar-refractivity contribution in [1.82, 2.24) is 0 Å². The van der Waals surface area contributed by atoms with Crippen LogP contribution in [-0.2, 0) is 24.6 Å². The van der Waals surface area contributed by atoms with Gasteiger partial charge in [-0.15, -0.1) is 0 Å². The Hall–Kier alpha value is -1.43. The predicted octanol–water partition coefficient (Wildman–Crippen LogP) is 2.27. The third-order valence-corrected chi connectivity index (χ3v) is 4.33. The number of hydrogen-bond donors (Lipinski definition) is 1. The first-order chi connectivity index (χ1) is 10.8. The second-order valence-electron chi connectivity index (χ2n) is 6.68. The van der Waals surface area contributed by atoms with Crippen LogP contribution in [0.4, 0.5) is 0 Å². The van der Waals surface area contributed by atoms with Crippen LogP contribution < -0.4 is 0 Å². The molecule has 1 aliphatic rings. The standard InChI is InChI=1S/C18H26O5/c1-13(2)18(20,15-12-21-10-11-22-15)16(19)23-17(3,4)14-8-6-5-7-9-14/h5-9,13,15,20H,10-12H2,1-4H3. The van der Waals surface area contributed by atoms with Gasteiger partial charge < -0.3 is 19.3 Å². The lowest BCUT2D eigenvalue weighted by molar-refractivity contribution is -0.222. The Morgan fingerprint density at radius 2 is 1.91 bits per heavy atom. The molecule has 0 spiro atoms. The maximum absolute atomic E-state index is 12.8. The number of rotatable bonds is 5. The molecule has 1 aromatic rings. The van der Waals surface area contributed by atoms with Gasteiger partial charge in [-0.05, 0) is 25.3 Å². The average molecular weight is 322 g/mol. The molecule has 128 valence electrons. The van der Waals surface area contributed by atoms with Crippen LogP contribution in [0, 0.1) is 5.92 Å². The smallest absolute Gasteiger partial charge is 0.342 e. The van der Waals surface area contributed by atoms with Crippen LogP contribution >= 0.6 is 0 Å². The maximum atomic E-state index is 12.8. The fourth-order valence-corrected chi connectivity index (χ4v) is 2.69. The average Bonchev–Trinajstić information content (AvgIpc) is 2.55. The molecule has 0 aliphatic carbocycles. The normalized spacial score (nSPS) is 21.7. The van der Waals surface area contributed by atoms with E-state index in [-0.39, 0.29) is 12.5 Å². The highest BCUT2D eigenvalue weighted by Crippen LogP contribution is 2.32. The lowest BCUT2D eigenvalue weighted by Crippen LogP contribution is -2.59. The zero-order chi connectivity index (χ0) is 17.1. The fourth-order valence-electron chi connectivity index (χ4n) is 2.69. The lowest BCUT2D eigenvalue weighted by atomic mass is 9.84. The van der Waals surface area contributed by atoms with Gasteiger partial charge in [0.1, 0.15) is 11.7 Å². The van der Waals surface area contributed by atoms with Gasteiger partial charge in [0.25, 0.3) is 0 Å². The van der Waals surface area contributed by atoms with Gasteiger partial charge in [0.15, 0.2) is 5.60 Å². The Labute approximate surface area is 137 Å². The monoisotopic (exact) mass is 322 g/mol. The lowest BCUT2D eigenvalue weighted by Gasteiger charge is -2.40. The SMILES string of the molecule is CC(C)C(O)(C(=O)OC(C)(C)c1ccccc1)C1COCCO1. The Balaban J connectivity index is 2.21. The number of carbonyl (C=O) groups excluding carboxylic acids is 1. The van der Waals surface area contributed by atoms with Crippen molar-refractivity contribution in [3.05, 3.63) is 35.9 Å². The molecule has 0 radical (unpaired) electrons. The Morgan fingerprint density at radius 1 is 1.26 bits per heavy atom. The summed E-state index contributed by atoms with van der Waals surface area (Å²) in [5, 5.41) is 11.0. The molecule has 0 aromatic heterocycles. The number of carbonyl (C=O) groups is 1. The second kappa shape index (κ2) is 6.99. The summed E-state index contributed by atoms with van der Waals surface area (Å²) in [4.78, 5) is 12.8. The Morgan fingerprint density at radius 3 is 2.43 bits per heavy atom. The molecule has 0 amide bonds. The summed E-state index contributed by atoms with van der Waals surface area (Å²) in [6, 6.07) is 9.46. The van der Waals surface area contributed by atoms with E-state index in [1.54, 1.807) is 27.7 Å². The zero-order valence-corrected chi connectivity index (χ0v) is 14.2. The molecule has 1 aromatic carbocycles. The highest BCUT2D eigenvalue weighted by atomic mass is 16.6. The summed E-state index contributed by atoms with van der Waals surface area (Å²) in [5.74, 6) is -1.05. The summed E-state index contributed by atoms with van der Waals surface area (Å²) in [6.07, 6.45) is -0.727. The van der Waals surface area contributed by atoms with Crippen LogP contribution in [0.1, 0.15) is 33.3 Å². The van der Waals surface area contributed by atoms with E-state index in [1.165, 1.54) is 0 Å². The number of benzene rings is 1. The minimum atomic E-state index is -1.74. The summed E-state index contributed by atoms with van der Waals surface area (Å²) in [5.41, 5.74) is -1.73. The van der Waals surface area contributed by atoms with Crippen molar-refractivity contribution in [2.24, 2.45) is 5.92 Å². The van der Waals surface area contributed by atoms with Crippen molar-refractivity contribution in [2.45, 2.75) is 45.0 Å². The van der Waals surface area contributed by atoms with Crippen LogP contribution in [0.25, 0.3) is 0 Å². The largest absolute Gasteiger partial charge is 0.453 e. The van der Waals surface area contributed by atoms with Gasteiger partial charge in [0, 0.05) is 0 Å². The molecule has 0 bridgehead atoms. The van der Waals surface area contributed by atoms with E-state index >= 15 is 0 Å². The molecule has 0 saturated carbocycles. The quantitative estimate of drug-likeness (QED) is 0.843. The van der Waals surface area contributed by atoms with E-state index in [0.29, 0.717) is 13.2 Å². The van der Waals surface area contributed by atoms with E-state index in [0.717, 1.165) is 5.56 Å². The highest BCUT2D eigenvalue weighted by molar-refractivity contribution is 5.81. The molecule has 2 unspecified atom stereocenters. The minimum absolute atomic E-state index is 0.176. The molecule has 1 saturated heterocycles. The number of aliphatic hydroxyl groups is 1. The molecule has 5 nitrogen and oxygen atoms in total. The Bertz CT molecular complexity index is 519. The third-order valence-electron chi connectivity index (χ3n) is 4.33. The zero-order valence-electron chi connectivity index (χ0n) is 14.2. The molecule has 2 atom stereocenters. The molecular weight excluding hydrogens is 296 g/mol. The van der Waals surface area contributed by atoms with Gasteiger partial charge in [0.2, 0.25) is 0 Å². The minimum Gasteiger partial charge on any atom is -0.453 e. The molecule has 2 rings (SSSR count). The maximum Gasteiger partial charge on any atom is 0.342 e. The topological polar surface area (TPSA) is 65.0 Å². The van der Waals surface area contributed by atoms with E-state index in [4.69, 9.17) is 14.2 Å². The van der Waals surface area contributed by atoms with E-state index in [9.17, 15) is 9.90 Å². The summed E-state index contributed by atoms with van der Waals surface area (Å²) < 4.78 is 16.6. The van der Waals surface area contributed by atoms with Crippen molar-refractivity contribution < 1.29 is 24.1 Å². The molecular formula is C18H26O5. The second-order valence-corrected chi connectivity index (χ2v) is 6.68. The first-order valence-electron chi connectivity index (χ1n) is 7.99. The molecule has 1 N–H and O–H groups in total. The first-order valence-corrected chi connectivity index (χ1v) is 7.99. The number of esters is 1. The van der Waals surface area contributed by atoms with Crippen LogP contribution in [0.3, 0.4) is 0 Å². The van der Waals surface area contributed by atoms with Crippen LogP contribution in [0.15, 0.2) is 30.3 Å². The molecule has 1 aliphatic heterocycles. The fraction of sp³-hybridized carbons (Fsp3) is 0.611. The summed E-state index contributed by atoms with van der Waals surface area (Å²) in [7, 11) is 0. The van der Waals surface area contributed by atoms with Crippen LogP contribution in [0.2, 0.25) is 0 Å². The third kappa shape index (κ3) is 3.74. The van der Waals surface area contributed by atoms with Crippen molar-refractivity contribution in [2.75, 3.05) is 19.8 Å². The number of hydrogen-bond acceptors (Lipinski definition) is 5. The van der Waals surface area contributed by atoms with Gasteiger partial charge in [-0.25, -0.2) is 4.79 Å². The molecule has 1 fully saturated rings. The Kier molecular flexibility index (Phi) is 5.45. The van der Waals surface area contributed by atoms with Gasteiger partial charge in [0.05, 0.1) is 19.8 Å². The highest BCUT2D eigenvalue weighted by Gasteiger charge is 2.51. The van der Waals surface area contributed by atoms with Crippen molar-refractivity contribution in [3.63, 3.8) is 0 Å². The van der Waals surface area contributed by atoms with Crippen LogP contribution in [-0.4, -0.2) is 42.6 Å². The molecule has 23 heavy (non-hydrogen) atoms. The summed E-state index contributed by atoms with van der Waals surface area (Å²) in [6.45, 7) is 8.15. The van der Waals surface area contributed by atoms with Crippen molar-refractivity contribution >= 4 is 5.97 Å². The summed E-state index contributed by atoms with van der Waals surface area (Å²) >= 11 is 0. The first kappa shape index (κ1) is 17.9. The predicted molar refractivity (Wildman–Crippen MR) is 85.9 cm³/mol. The van der Waals surface area contributed by atoms with Crippen LogP contribution in [0.5, 0.6) is 0 Å². The van der Waals surface area contributed by atoms with Crippen molar-refractivity contribution in [3.8, 4) is 0 Å². The molecule has 1 heterocycles. The number of ether oxygens (including phenoxy) is 3. The van der Waals surface area contributed by atoms with Gasteiger partial charge in [-0.2, -0.15) is 0 Å². The van der Waals surface area contributed by atoms with E-state index in [2.05, 4.69) is 0 Å². The van der Waals surface area contributed by atoms with E-state index in [1.807, 2.05) is 30.3 Å². The van der Waals surface area contributed by atoms with E-state index < -0.39 is 23.3 Å². The van der Waals surface area contributed by atoms with Crippen molar-refractivity contribution in [1.29, 1.82) is 0 Å². The van der Waals surface area contributed by atoms with Gasteiger partial charge in [-0.3, -0.25) is 0 Å².